The Kier molecular flexibility index (Phi) is 8.66. The number of benzene rings is 1. The molecule has 5 heteroatoms. The van der Waals surface area contributed by atoms with E-state index in [9.17, 15) is 9.90 Å². The number of carbonyl (C=O) groups is 1. The Balaban J connectivity index is 2.51. The van der Waals surface area contributed by atoms with Gasteiger partial charge in [-0.2, -0.15) is 0 Å². The molecule has 1 atom stereocenters. The van der Waals surface area contributed by atoms with Gasteiger partial charge < -0.3 is 15.2 Å². The smallest absolute Gasteiger partial charge is 0.237 e. The minimum Gasteiger partial charge on any atom is -0.395 e. The molecule has 0 fully saturated rings. The number of ether oxygens (including phenoxy) is 1. The summed E-state index contributed by atoms with van der Waals surface area (Å²) in [6.07, 6.45) is 0.799. The molecule has 0 saturated heterocycles. The van der Waals surface area contributed by atoms with Crippen molar-refractivity contribution >= 4 is 5.91 Å². The van der Waals surface area contributed by atoms with Crippen LogP contribution in [0.5, 0.6) is 0 Å². The monoisotopic (exact) mass is 294 g/mol. The zero-order valence-corrected chi connectivity index (χ0v) is 12.9. The molecular weight excluding hydrogens is 268 g/mol. The van der Waals surface area contributed by atoms with Gasteiger partial charge in [0.2, 0.25) is 5.91 Å². The fourth-order valence-electron chi connectivity index (χ4n) is 2.10. The van der Waals surface area contributed by atoms with Crippen molar-refractivity contribution in [2.45, 2.75) is 25.9 Å². The van der Waals surface area contributed by atoms with Gasteiger partial charge in [-0.25, -0.2) is 0 Å². The van der Waals surface area contributed by atoms with Gasteiger partial charge in [0.15, 0.2) is 0 Å². The highest BCUT2D eigenvalue weighted by atomic mass is 16.5. The van der Waals surface area contributed by atoms with E-state index in [4.69, 9.17) is 4.74 Å². The van der Waals surface area contributed by atoms with E-state index in [0.717, 1.165) is 12.0 Å². The van der Waals surface area contributed by atoms with Gasteiger partial charge in [-0.3, -0.25) is 9.69 Å². The van der Waals surface area contributed by atoms with E-state index >= 15 is 0 Å². The van der Waals surface area contributed by atoms with Crippen LogP contribution in [-0.2, 0) is 16.1 Å². The molecule has 0 heterocycles. The third-order valence-corrected chi connectivity index (χ3v) is 3.37. The first-order valence-corrected chi connectivity index (χ1v) is 7.34. The summed E-state index contributed by atoms with van der Waals surface area (Å²) in [5, 5.41) is 12.1. The van der Waals surface area contributed by atoms with Gasteiger partial charge in [0.05, 0.1) is 12.6 Å². The van der Waals surface area contributed by atoms with Crippen LogP contribution in [-0.4, -0.2) is 55.4 Å². The summed E-state index contributed by atoms with van der Waals surface area (Å²) in [5.74, 6) is -0.0181. The second-order valence-corrected chi connectivity index (χ2v) is 4.99. The van der Waals surface area contributed by atoms with Crippen molar-refractivity contribution in [2.24, 2.45) is 0 Å². The fourth-order valence-corrected chi connectivity index (χ4v) is 2.10. The molecule has 1 unspecified atom stereocenters. The van der Waals surface area contributed by atoms with Crippen molar-refractivity contribution in [3.8, 4) is 0 Å². The predicted octanol–water partition coefficient (Wildman–Crippen LogP) is 1.02. The average Bonchev–Trinajstić information content (AvgIpc) is 2.51. The number of methoxy groups -OCH3 is 1. The molecule has 0 aromatic heterocycles. The highest BCUT2D eigenvalue weighted by Gasteiger charge is 2.20. The lowest BCUT2D eigenvalue weighted by Crippen LogP contribution is -2.46. The van der Waals surface area contributed by atoms with Crippen LogP contribution in [0.4, 0.5) is 0 Å². The number of hydrogen-bond donors (Lipinski definition) is 2. The maximum absolute atomic E-state index is 12.1. The van der Waals surface area contributed by atoms with E-state index in [2.05, 4.69) is 5.32 Å². The van der Waals surface area contributed by atoms with E-state index in [1.165, 1.54) is 0 Å². The van der Waals surface area contributed by atoms with Crippen molar-refractivity contribution in [3.63, 3.8) is 0 Å². The highest BCUT2D eigenvalue weighted by Crippen LogP contribution is 2.08. The topological polar surface area (TPSA) is 61.8 Å². The lowest BCUT2D eigenvalue weighted by molar-refractivity contribution is -0.126. The summed E-state index contributed by atoms with van der Waals surface area (Å²) in [7, 11) is 1.65. The van der Waals surface area contributed by atoms with Crippen molar-refractivity contribution in [1.82, 2.24) is 10.2 Å². The lowest BCUT2D eigenvalue weighted by Gasteiger charge is -2.27. The number of nitrogens with zero attached hydrogens (tertiary/aromatic N) is 1. The van der Waals surface area contributed by atoms with Crippen LogP contribution in [0.25, 0.3) is 0 Å². The molecule has 1 aromatic carbocycles. The van der Waals surface area contributed by atoms with E-state index in [1.54, 1.807) is 7.11 Å². The molecule has 1 amide bonds. The second kappa shape index (κ2) is 10.3. The summed E-state index contributed by atoms with van der Waals surface area (Å²) in [6.45, 7) is 4.27. The van der Waals surface area contributed by atoms with Gasteiger partial charge in [0.25, 0.3) is 0 Å². The Bertz CT molecular complexity index is 398. The average molecular weight is 294 g/mol. The Morgan fingerprint density at radius 2 is 2.10 bits per heavy atom. The normalized spacial score (nSPS) is 12.4. The maximum Gasteiger partial charge on any atom is 0.237 e. The van der Waals surface area contributed by atoms with Gasteiger partial charge >= 0.3 is 0 Å². The molecule has 0 saturated carbocycles. The Hall–Kier alpha value is -1.43. The zero-order chi connectivity index (χ0) is 15.5. The third kappa shape index (κ3) is 6.71. The predicted molar refractivity (Wildman–Crippen MR) is 82.9 cm³/mol. The Morgan fingerprint density at radius 1 is 1.38 bits per heavy atom. The maximum atomic E-state index is 12.1. The van der Waals surface area contributed by atoms with Crippen molar-refractivity contribution in [3.05, 3.63) is 35.9 Å². The molecule has 0 bridgehead atoms. The summed E-state index contributed by atoms with van der Waals surface area (Å²) < 4.78 is 4.95. The first-order valence-electron chi connectivity index (χ1n) is 7.34. The van der Waals surface area contributed by atoms with Crippen LogP contribution < -0.4 is 5.32 Å². The number of carbonyl (C=O) groups excluding carboxylic acids is 1. The molecule has 0 radical (unpaired) electrons. The summed E-state index contributed by atoms with van der Waals surface area (Å²) >= 11 is 0. The van der Waals surface area contributed by atoms with Gasteiger partial charge in [-0.05, 0) is 18.9 Å². The van der Waals surface area contributed by atoms with Crippen LogP contribution in [0.15, 0.2) is 30.3 Å². The number of aliphatic hydroxyl groups is 1. The molecule has 0 aliphatic rings. The molecule has 118 valence electrons. The molecule has 5 nitrogen and oxygen atoms in total. The molecule has 0 aliphatic carbocycles. The van der Waals surface area contributed by atoms with Crippen molar-refractivity contribution < 1.29 is 14.6 Å². The van der Waals surface area contributed by atoms with Crippen LogP contribution in [0.1, 0.15) is 18.9 Å². The molecular formula is C16H26N2O3. The largest absolute Gasteiger partial charge is 0.395 e. The lowest BCUT2D eigenvalue weighted by atomic mass is 10.1. The molecule has 0 aliphatic heterocycles. The number of hydrogen-bond acceptors (Lipinski definition) is 4. The van der Waals surface area contributed by atoms with Crippen molar-refractivity contribution in [2.75, 3.05) is 33.4 Å². The first-order chi connectivity index (χ1) is 10.2. The van der Waals surface area contributed by atoms with Gasteiger partial charge in [-0.1, -0.05) is 30.3 Å². The summed E-state index contributed by atoms with van der Waals surface area (Å²) in [6, 6.07) is 9.68. The van der Waals surface area contributed by atoms with Crippen LogP contribution in [0.3, 0.4) is 0 Å². The third-order valence-electron chi connectivity index (χ3n) is 3.37. The van der Waals surface area contributed by atoms with E-state index in [-0.39, 0.29) is 18.6 Å². The zero-order valence-electron chi connectivity index (χ0n) is 12.9. The number of aliphatic hydroxyl groups excluding tert-OH is 1. The first kappa shape index (κ1) is 17.6. The van der Waals surface area contributed by atoms with E-state index < -0.39 is 0 Å². The number of rotatable bonds is 10. The SMILES string of the molecule is COCCCNC(=O)C(C)N(CCO)Cc1ccccc1. The molecule has 2 N–H and O–H groups in total. The molecule has 0 spiro atoms. The summed E-state index contributed by atoms with van der Waals surface area (Å²) in [5.41, 5.74) is 1.13. The minimum atomic E-state index is -0.278. The van der Waals surface area contributed by atoms with E-state index in [0.29, 0.717) is 26.2 Å². The minimum absolute atomic E-state index is 0.0181. The van der Waals surface area contributed by atoms with Gasteiger partial charge in [0, 0.05) is 33.4 Å². The van der Waals surface area contributed by atoms with E-state index in [1.807, 2.05) is 42.2 Å². The fraction of sp³-hybridized carbons (Fsp3) is 0.562. The Morgan fingerprint density at radius 3 is 2.71 bits per heavy atom. The number of nitrogens with one attached hydrogen (secondary N) is 1. The Labute approximate surface area is 126 Å². The van der Waals surface area contributed by atoms with Crippen LogP contribution in [0.2, 0.25) is 0 Å². The van der Waals surface area contributed by atoms with Gasteiger partial charge in [0.1, 0.15) is 0 Å². The van der Waals surface area contributed by atoms with Crippen LogP contribution >= 0.6 is 0 Å². The molecule has 21 heavy (non-hydrogen) atoms. The second-order valence-electron chi connectivity index (χ2n) is 4.99. The molecule has 1 aromatic rings. The van der Waals surface area contributed by atoms with Crippen LogP contribution in [0, 0.1) is 0 Å². The summed E-state index contributed by atoms with van der Waals surface area (Å²) in [4.78, 5) is 14.1. The molecule has 1 rings (SSSR count). The van der Waals surface area contributed by atoms with Gasteiger partial charge in [-0.15, -0.1) is 0 Å². The number of amides is 1. The highest BCUT2D eigenvalue weighted by molar-refractivity contribution is 5.81. The van der Waals surface area contributed by atoms with Crippen molar-refractivity contribution in [1.29, 1.82) is 0 Å². The standard InChI is InChI=1S/C16H26N2O3/c1-14(16(20)17-9-6-12-21-2)18(10-11-19)13-15-7-4-3-5-8-15/h3-5,7-8,14,19H,6,9-13H2,1-2H3,(H,17,20). The quantitative estimate of drug-likeness (QED) is 0.633.